The number of carbonyl (C=O) groups excluding carboxylic acids is 1. The summed E-state index contributed by atoms with van der Waals surface area (Å²) >= 11 is 1.62. The van der Waals surface area contributed by atoms with Crippen molar-refractivity contribution in [2.75, 3.05) is 38.0 Å². The van der Waals surface area contributed by atoms with Gasteiger partial charge >= 0.3 is 0 Å². The summed E-state index contributed by atoms with van der Waals surface area (Å²) in [7, 11) is 0. The molecule has 0 aromatic carbocycles. The van der Waals surface area contributed by atoms with Gasteiger partial charge in [-0.15, -0.1) is 11.3 Å². The van der Waals surface area contributed by atoms with Gasteiger partial charge in [-0.05, 0) is 50.6 Å². The number of hydrogen-bond acceptors (Lipinski definition) is 5. The zero-order valence-corrected chi connectivity index (χ0v) is 15.5. The van der Waals surface area contributed by atoms with Crippen molar-refractivity contribution < 1.29 is 4.79 Å². The van der Waals surface area contributed by atoms with E-state index in [1.807, 2.05) is 0 Å². The topological polar surface area (TPSA) is 59.4 Å². The van der Waals surface area contributed by atoms with Crippen molar-refractivity contribution in [3.05, 3.63) is 16.0 Å². The van der Waals surface area contributed by atoms with Crippen molar-refractivity contribution in [2.45, 2.75) is 51.0 Å². The van der Waals surface area contributed by atoms with Gasteiger partial charge in [0, 0.05) is 30.6 Å². The number of carbonyl (C=O) groups is 1. The average molecular weight is 359 g/mol. The Hall–Kier alpha value is -1.42. The Bertz CT molecular complexity index is 692. The smallest absolute Gasteiger partial charge is 0.239 e. The third kappa shape index (κ3) is 3.59. The second kappa shape index (κ2) is 7.45. The highest BCUT2D eigenvalue weighted by Gasteiger charge is 2.31. The number of amides is 1. The summed E-state index contributed by atoms with van der Waals surface area (Å²) in [6.45, 7) is 4.71. The number of nitriles is 1. The summed E-state index contributed by atoms with van der Waals surface area (Å²) in [6, 6.07) is 2.98. The number of piperazine rings is 1. The summed E-state index contributed by atoms with van der Waals surface area (Å²) in [5.74, 6) is 0.0272. The molecule has 1 unspecified atom stereocenters. The summed E-state index contributed by atoms with van der Waals surface area (Å²) in [5, 5.41) is 13.4. The van der Waals surface area contributed by atoms with E-state index in [2.05, 4.69) is 21.2 Å². The van der Waals surface area contributed by atoms with Gasteiger partial charge in [-0.2, -0.15) is 5.26 Å². The zero-order valence-electron chi connectivity index (χ0n) is 14.7. The summed E-state index contributed by atoms with van der Waals surface area (Å²) in [5.41, 5.74) is 1.91. The highest BCUT2D eigenvalue weighted by Crippen LogP contribution is 2.37. The van der Waals surface area contributed by atoms with Crippen LogP contribution < -0.4 is 5.32 Å². The molecule has 1 atom stereocenters. The van der Waals surface area contributed by atoms with E-state index in [-0.39, 0.29) is 5.91 Å². The van der Waals surface area contributed by atoms with Crippen LogP contribution in [0.1, 0.15) is 48.1 Å². The molecular formula is C19H26N4OS. The van der Waals surface area contributed by atoms with Crippen LogP contribution in [0.3, 0.4) is 0 Å². The SMILES string of the molecule is N#Cc1c(NC(=O)CN2CCN3CCCC3C2)sc2c1CCCCC2. The van der Waals surface area contributed by atoms with Crippen molar-refractivity contribution in [1.82, 2.24) is 9.80 Å². The van der Waals surface area contributed by atoms with Crippen LogP contribution in [0.25, 0.3) is 0 Å². The Morgan fingerprint density at radius 2 is 2.08 bits per heavy atom. The van der Waals surface area contributed by atoms with Gasteiger partial charge in [0.15, 0.2) is 0 Å². The Labute approximate surface area is 153 Å². The summed E-state index contributed by atoms with van der Waals surface area (Å²) in [4.78, 5) is 18.7. The summed E-state index contributed by atoms with van der Waals surface area (Å²) < 4.78 is 0. The predicted octanol–water partition coefficient (Wildman–Crippen LogP) is 2.61. The van der Waals surface area contributed by atoms with Gasteiger partial charge in [-0.3, -0.25) is 14.6 Å². The molecule has 1 N–H and O–H groups in total. The molecule has 2 aliphatic heterocycles. The molecule has 1 amide bonds. The van der Waals surface area contributed by atoms with Crippen LogP contribution in [0.15, 0.2) is 0 Å². The second-order valence-corrected chi connectivity index (χ2v) is 8.60. The van der Waals surface area contributed by atoms with Crippen LogP contribution in [-0.2, 0) is 17.6 Å². The molecule has 1 aromatic rings. The maximum absolute atomic E-state index is 12.6. The molecule has 134 valence electrons. The van der Waals surface area contributed by atoms with E-state index in [9.17, 15) is 10.1 Å². The van der Waals surface area contributed by atoms with Gasteiger partial charge in [0.2, 0.25) is 5.91 Å². The van der Waals surface area contributed by atoms with Crippen molar-refractivity contribution in [3.8, 4) is 6.07 Å². The van der Waals surface area contributed by atoms with E-state index >= 15 is 0 Å². The van der Waals surface area contributed by atoms with Crippen LogP contribution >= 0.6 is 11.3 Å². The minimum Gasteiger partial charge on any atom is -0.315 e. The standard InChI is InChI=1S/C19H26N4OS/c20-11-16-15-6-2-1-3-7-17(15)25-19(16)21-18(24)13-22-9-10-23-8-4-5-14(23)12-22/h14H,1-10,12-13H2,(H,21,24). The van der Waals surface area contributed by atoms with Gasteiger partial charge in [0.25, 0.3) is 0 Å². The van der Waals surface area contributed by atoms with Crippen LogP contribution in [-0.4, -0.2) is 54.5 Å². The first-order chi connectivity index (χ1) is 12.2. The molecule has 0 saturated carbocycles. The van der Waals surface area contributed by atoms with E-state index in [1.54, 1.807) is 11.3 Å². The van der Waals surface area contributed by atoms with Crippen molar-refractivity contribution in [2.24, 2.45) is 0 Å². The Morgan fingerprint density at radius 1 is 1.20 bits per heavy atom. The summed E-state index contributed by atoms with van der Waals surface area (Å²) in [6.07, 6.45) is 8.16. The molecule has 3 heterocycles. The lowest BCUT2D eigenvalue weighted by molar-refractivity contribution is -0.117. The van der Waals surface area contributed by atoms with E-state index < -0.39 is 0 Å². The lowest BCUT2D eigenvalue weighted by Crippen LogP contribution is -2.51. The number of thiophene rings is 1. The molecule has 1 aromatic heterocycles. The van der Waals surface area contributed by atoms with Crippen molar-refractivity contribution in [3.63, 3.8) is 0 Å². The number of hydrogen-bond donors (Lipinski definition) is 1. The Kier molecular flexibility index (Phi) is 5.07. The Balaban J connectivity index is 1.40. The van der Waals surface area contributed by atoms with E-state index in [0.717, 1.165) is 49.5 Å². The molecular weight excluding hydrogens is 332 g/mol. The zero-order chi connectivity index (χ0) is 17.2. The van der Waals surface area contributed by atoms with Crippen LogP contribution in [0, 0.1) is 11.3 Å². The highest BCUT2D eigenvalue weighted by atomic mass is 32.1. The van der Waals surface area contributed by atoms with E-state index in [1.165, 1.54) is 42.7 Å². The molecule has 5 nitrogen and oxygen atoms in total. The van der Waals surface area contributed by atoms with Crippen LogP contribution in [0.5, 0.6) is 0 Å². The number of aryl methyl sites for hydroxylation is 1. The largest absolute Gasteiger partial charge is 0.315 e. The normalized spacial score (nSPS) is 24.2. The first-order valence-electron chi connectivity index (χ1n) is 9.55. The lowest BCUT2D eigenvalue weighted by atomic mass is 10.1. The maximum atomic E-state index is 12.6. The van der Waals surface area contributed by atoms with Crippen molar-refractivity contribution in [1.29, 1.82) is 5.26 Å². The predicted molar refractivity (Wildman–Crippen MR) is 100.0 cm³/mol. The molecule has 4 rings (SSSR count). The third-order valence-corrected chi connectivity index (χ3v) is 7.03. The number of rotatable bonds is 3. The van der Waals surface area contributed by atoms with Gasteiger partial charge in [0.05, 0.1) is 12.1 Å². The molecule has 0 bridgehead atoms. The van der Waals surface area contributed by atoms with Gasteiger partial charge in [0.1, 0.15) is 11.1 Å². The Morgan fingerprint density at radius 3 is 2.96 bits per heavy atom. The quantitative estimate of drug-likeness (QED) is 0.844. The van der Waals surface area contributed by atoms with E-state index in [4.69, 9.17) is 0 Å². The number of nitrogens with zero attached hydrogens (tertiary/aromatic N) is 3. The van der Waals surface area contributed by atoms with Gasteiger partial charge in [-0.25, -0.2) is 0 Å². The molecule has 2 saturated heterocycles. The van der Waals surface area contributed by atoms with Gasteiger partial charge in [-0.1, -0.05) is 6.42 Å². The first kappa shape index (κ1) is 17.0. The van der Waals surface area contributed by atoms with E-state index in [0.29, 0.717) is 12.6 Å². The molecule has 1 aliphatic carbocycles. The lowest BCUT2D eigenvalue weighted by Gasteiger charge is -2.37. The monoisotopic (exact) mass is 358 g/mol. The fourth-order valence-electron chi connectivity index (χ4n) is 4.52. The minimum atomic E-state index is 0.0272. The minimum absolute atomic E-state index is 0.0272. The molecule has 0 spiro atoms. The van der Waals surface area contributed by atoms with Crippen LogP contribution in [0.4, 0.5) is 5.00 Å². The molecule has 25 heavy (non-hydrogen) atoms. The van der Waals surface area contributed by atoms with Crippen LogP contribution in [0.2, 0.25) is 0 Å². The fraction of sp³-hybridized carbons (Fsp3) is 0.684. The highest BCUT2D eigenvalue weighted by molar-refractivity contribution is 7.16. The number of nitrogens with one attached hydrogen (secondary N) is 1. The second-order valence-electron chi connectivity index (χ2n) is 7.50. The van der Waals surface area contributed by atoms with Crippen molar-refractivity contribution >= 4 is 22.2 Å². The molecule has 0 radical (unpaired) electrons. The molecule has 2 fully saturated rings. The molecule has 3 aliphatic rings. The fourth-order valence-corrected chi connectivity index (χ4v) is 5.77. The molecule has 6 heteroatoms. The average Bonchev–Trinajstić information content (AvgIpc) is 3.11. The maximum Gasteiger partial charge on any atom is 0.239 e. The number of anilines is 1. The third-order valence-electron chi connectivity index (χ3n) is 5.82. The number of fused-ring (bicyclic) bond motifs is 2. The van der Waals surface area contributed by atoms with Gasteiger partial charge < -0.3 is 5.32 Å². The first-order valence-corrected chi connectivity index (χ1v) is 10.4.